The van der Waals surface area contributed by atoms with E-state index in [1.807, 2.05) is 6.07 Å². The Hall–Kier alpha value is -2.12. The summed E-state index contributed by atoms with van der Waals surface area (Å²) in [6, 6.07) is 5.40. The van der Waals surface area contributed by atoms with Crippen molar-refractivity contribution >= 4 is 15.9 Å². The number of hydrogen-bond donors (Lipinski definition) is 1. The van der Waals surface area contributed by atoms with Crippen LogP contribution >= 0.6 is 0 Å². The summed E-state index contributed by atoms with van der Waals surface area (Å²) in [7, 11) is -3.80. The van der Waals surface area contributed by atoms with Crippen LogP contribution in [0, 0.1) is 11.3 Å². The highest BCUT2D eigenvalue weighted by Crippen LogP contribution is 2.31. The van der Waals surface area contributed by atoms with Crippen LogP contribution in [0.2, 0.25) is 0 Å². The molecule has 1 unspecified atom stereocenters. The van der Waals surface area contributed by atoms with Crippen LogP contribution < -0.4 is 4.72 Å². The van der Waals surface area contributed by atoms with E-state index >= 15 is 0 Å². The van der Waals surface area contributed by atoms with E-state index in [1.165, 1.54) is 17.0 Å². The molecule has 1 aromatic carbocycles. The highest BCUT2D eigenvalue weighted by molar-refractivity contribution is 7.89. The van der Waals surface area contributed by atoms with Gasteiger partial charge in [0, 0.05) is 25.9 Å². The monoisotopic (exact) mass is 417 g/mol. The lowest BCUT2D eigenvalue weighted by molar-refractivity contribution is -0.137. The third-order valence-electron chi connectivity index (χ3n) is 4.46. The number of likely N-dealkylation sites (tertiary alicyclic amines) is 1. The molecule has 0 saturated carbocycles. The number of nitriles is 1. The fourth-order valence-electron chi connectivity index (χ4n) is 3.03. The number of carbonyl (C=O) groups excluding carboxylic acids is 1. The second-order valence-corrected chi connectivity index (χ2v) is 8.54. The van der Waals surface area contributed by atoms with Crippen molar-refractivity contribution in [3.63, 3.8) is 0 Å². The SMILES string of the molecule is N#CCCCCS(=O)(=O)NC(CN1CCCC1=O)c1cccc(C(F)(F)F)c1. The topological polar surface area (TPSA) is 90.3 Å². The number of alkyl halides is 3. The van der Waals surface area contributed by atoms with E-state index in [2.05, 4.69) is 4.72 Å². The first-order chi connectivity index (χ1) is 13.1. The lowest BCUT2D eigenvalue weighted by atomic mass is 10.0. The molecule has 1 aromatic rings. The standard InChI is InChI=1S/C18H22F3N3O3S/c19-18(20,21)15-7-4-6-14(12-15)16(13-24-10-5-8-17(24)25)23-28(26,27)11-3-1-2-9-22/h4,6-7,12,16,23H,1-3,5,8,10-11,13H2. The molecule has 1 fully saturated rings. The second-order valence-electron chi connectivity index (χ2n) is 6.67. The van der Waals surface area contributed by atoms with E-state index in [0.29, 0.717) is 25.8 Å². The van der Waals surface area contributed by atoms with Crippen LogP contribution in [-0.2, 0) is 21.0 Å². The van der Waals surface area contributed by atoms with Crippen molar-refractivity contribution in [2.45, 2.75) is 44.3 Å². The van der Waals surface area contributed by atoms with Crippen LogP contribution in [0.3, 0.4) is 0 Å². The number of halogens is 3. The van der Waals surface area contributed by atoms with Gasteiger partial charge in [0.2, 0.25) is 15.9 Å². The van der Waals surface area contributed by atoms with Crippen molar-refractivity contribution in [1.29, 1.82) is 5.26 Å². The van der Waals surface area contributed by atoms with Crippen molar-refractivity contribution in [1.82, 2.24) is 9.62 Å². The summed E-state index contributed by atoms with van der Waals surface area (Å²) in [6.45, 7) is 0.412. The maximum absolute atomic E-state index is 13.0. The molecule has 28 heavy (non-hydrogen) atoms. The number of hydrogen-bond acceptors (Lipinski definition) is 4. The zero-order valence-electron chi connectivity index (χ0n) is 15.2. The van der Waals surface area contributed by atoms with Crippen molar-refractivity contribution in [3.8, 4) is 6.07 Å². The Balaban J connectivity index is 2.22. The Bertz CT molecular complexity index is 834. The maximum Gasteiger partial charge on any atom is 0.416 e. The molecule has 0 bridgehead atoms. The van der Waals surface area contributed by atoms with E-state index in [4.69, 9.17) is 5.26 Å². The van der Waals surface area contributed by atoms with Crippen molar-refractivity contribution < 1.29 is 26.4 Å². The molecule has 1 saturated heterocycles. The summed E-state index contributed by atoms with van der Waals surface area (Å²) in [5.41, 5.74) is -0.730. The summed E-state index contributed by atoms with van der Waals surface area (Å²) >= 11 is 0. The van der Waals surface area contributed by atoms with Gasteiger partial charge in [-0.1, -0.05) is 12.1 Å². The van der Waals surface area contributed by atoms with Crippen LogP contribution in [0.5, 0.6) is 0 Å². The quantitative estimate of drug-likeness (QED) is 0.626. The molecule has 0 aliphatic carbocycles. The third kappa shape index (κ3) is 6.49. The highest BCUT2D eigenvalue weighted by Gasteiger charge is 2.32. The van der Waals surface area contributed by atoms with Crippen molar-refractivity contribution in [3.05, 3.63) is 35.4 Å². The van der Waals surface area contributed by atoms with Gasteiger partial charge in [0.15, 0.2) is 0 Å². The molecule has 2 rings (SSSR count). The van der Waals surface area contributed by atoms with E-state index in [9.17, 15) is 26.4 Å². The molecule has 154 valence electrons. The van der Waals surface area contributed by atoms with Gasteiger partial charge in [-0.05, 0) is 37.0 Å². The number of unbranched alkanes of at least 4 members (excludes halogenated alkanes) is 2. The van der Waals surface area contributed by atoms with Gasteiger partial charge in [-0.15, -0.1) is 0 Å². The molecule has 1 aliphatic rings. The fraction of sp³-hybridized carbons (Fsp3) is 0.556. The lowest BCUT2D eigenvalue weighted by Gasteiger charge is -2.25. The number of rotatable bonds is 9. The zero-order chi connectivity index (χ0) is 20.8. The minimum atomic E-state index is -4.56. The summed E-state index contributed by atoms with van der Waals surface area (Å²) in [5, 5.41) is 8.52. The Morgan fingerprint density at radius 2 is 2.04 bits per heavy atom. The van der Waals surface area contributed by atoms with Crippen LogP contribution in [0.4, 0.5) is 13.2 Å². The molecule has 0 spiro atoms. The van der Waals surface area contributed by atoms with Crippen LogP contribution in [-0.4, -0.2) is 38.1 Å². The Morgan fingerprint density at radius 1 is 1.29 bits per heavy atom. The molecular weight excluding hydrogens is 395 g/mol. The number of nitrogens with zero attached hydrogens (tertiary/aromatic N) is 2. The first-order valence-corrected chi connectivity index (χ1v) is 10.6. The van der Waals surface area contributed by atoms with Gasteiger partial charge in [-0.2, -0.15) is 18.4 Å². The first kappa shape index (κ1) is 22.2. The number of sulfonamides is 1. The van der Waals surface area contributed by atoms with Gasteiger partial charge in [-0.25, -0.2) is 13.1 Å². The minimum Gasteiger partial charge on any atom is -0.341 e. The highest BCUT2D eigenvalue weighted by atomic mass is 32.2. The maximum atomic E-state index is 13.0. The van der Waals surface area contributed by atoms with E-state index in [1.54, 1.807) is 0 Å². The van der Waals surface area contributed by atoms with Crippen molar-refractivity contribution in [2.75, 3.05) is 18.8 Å². The number of nitrogens with one attached hydrogen (secondary N) is 1. The normalized spacial score (nSPS) is 16.2. The molecule has 1 amide bonds. The van der Waals surface area contributed by atoms with E-state index < -0.39 is 27.8 Å². The smallest absolute Gasteiger partial charge is 0.341 e. The molecule has 6 nitrogen and oxygen atoms in total. The number of carbonyl (C=O) groups is 1. The van der Waals surface area contributed by atoms with Gasteiger partial charge >= 0.3 is 6.18 Å². The number of benzene rings is 1. The molecule has 1 atom stereocenters. The van der Waals surface area contributed by atoms with Crippen LogP contribution in [0.25, 0.3) is 0 Å². The molecule has 1 N–H and O–H groups in total. The Kier molecular flexibility index (Phi) is 7.43. The first-order valence-electron chi connectivity index (χ1n) is 8.94. The Labute approximate surface area is 162 Å². The zero-order valence-corrected chi connectivity index (χ0v) is 16.0. The molecule has 10 heteroatoms. The largest absolute Gasteiger partial charge is 0.416 e. The average Bonchev–Trinajstić information content (AvgIpc) is 3.02. The van der Waals surface area contributed by atoms with Gasteiger partial charge in [0.05, 0.1) is 23.4 Å². The number of amides is 1. The van der Waals surface area contributed by atoms with Gasteiger partial charge < -0.3 is 4.90 Å². The Morgan fingerprint density at radius 3 is 2.64 bits per heavy atom. The summed E-state index contributed by atoms with van der Waals surface area (Å²) < 4.78 is 66.4. The molecule has 1 aliphatic heterocycles. The molecule has 0 radical (unpaired) electrons. The van der Waals surface area contributed by atoms with Crippen LogP contribution in [0.15, 0.2) is 24.3 Å². The summed E-state index contributed by atoms with van der Waals surface area (Å²) in [6.07, 6.45) is -2.67. The molecular formula is C18H22F3N3O3S. The van der Waals surface area contributed by atoms with Gasteiger partial charge in [0.1, 0.15) is 0 Å². The second kappa shape index (κ2) is 9.39. The van der Waals surface area contributed by atoms with Gasteiger partial charge in [-0.3, -0.25) is 4.79 Å². The molecule has 1 heterocycles. The van der Waals surface area contributed by atoms with Crippen molar-refractivity contribution in [2.24, 2.45) is 0 Å². The third-order valence-corrected chi connectivity index (χ3v) is 5.93. The summed E-state index contributed by atoms with van der Waals surface area (Å²) in [4.78, 5) is 13.4. The predicted molar refractivity (Wildman–Crippen MR) is 96.4 cm³/mol. The van der Waals surface area contributed by atoms with Gasteiger partial charge in [0.25, 0.3) is 0 Å². The lowest BCUT2D eigenvalue weighted by Crippen LogP contribution is -2.39. The summed E-state index contributed by atoms with van der Waals surface area (Å²) in [5.74, 6) is -0.386. The predicted octanol–water partition coefficient (Wildman–Crippen LogP) is 2.98. The average molecular weight is 417 g/mol. The van der Waals surface area contributed by atoms with E-state index in [-0.39, 0.29) is 36.6 Å². The molecule has 0 aromatic heterocycles. The fourth-order valence-corrected chi connectivity index (χ4v) is 4.38. The minimum absolute atomic E-state index is 0.0302. The van der Waals surface area contributed by atoms with Crippen LogP contribution in [0.1, 0.15) is 49.3 Å². The van der Waals surface area contributed by atoms with E-state index in [0.717, 1.165) is 12.1 Å².